The van der Waals surface area contributed by atoms with E-state index >= 15 is 0 Å². The second kappa shape index (κ2) is 9.03. The van der Waals surface area contributed by atoms with E-state index in [2.05, 4.69) is 13.8 Å². The summed E-state index contributed by atoms with van der Waals surface area (Å²) in [6.45, 7) is 6.06. The van der Waals surface area contributed by atoms with Gasteiger partial charge in [0.15, 0.2) is 16.6 Å². The molecule has 8 heteroatoms. The van der Waals surface area contributed by atoms with E-state index in [-0.39, 0.29) is 17.2 Å². The number of rotatable bonds is 6. The molecule has 0 radical (unpaired) electrons. The third-order valence-electron chi connectivity index (χ3n) is 5.53. The van der Waals surface area contributed by atoms with Crippen molar-refractivity contribution in [2.75, 3.05) is 24.9 Å². The zero-order valence-corrected chi connectivity index (χ0v) is 20.3. The van der Waals surface area contributed by atoms with Crippen molar-refractivity contribution in [2.24, 2.45) is 0 Å². The first kappa shape index (κ1) is 22.5. The summed E-state index contributed by atoms with van der Waals surface area (Å²) in [5.41, 5.74) is 4.56. The number of amides is 1. The smallest absolute Gasteiger partial charge is 0.240 e. The van der Waals surface area contributed by atoms with Crippen LogP contribution in [-0.4, -0.2) is 36.0 Å². The first-order valence-corrected chi connectivity index (χ1v) is 12.2. The molecule has 0 saturated carbocycles. The van der Waals surface area contributed by atoms with Gasteiger partial charge in [0.1, 0.15) is 11.1 Å². The summed E-state index contributed by atoms with van der Waals surface area (Å²) in [5, 5.41) is 12.7. The lowest BCUT2D eigenvalue weighted by Crippen LogP contribution is -2.27. The first-order chi connectivity index (χ1) is 15.3. The quantitative estimate of drug-likeness (QED) is 0.495. The average Bonchev–Trinajstić information content (AvgIpc) is 3.39. The fraction of sp³-hybridized carbons (Fsp3) is 0.333. The Balaban J connectivity index is 1.70. The number of aryl methyl sites for hydroxylation is 1. The maximum absolute atomic E-state index is 12.8. The van der Waals surface area contributed by atoms with E-state index in [1.54, 1.807) is 36.9 Å². The zero-order chi connectivity index (χ0) is 23.0. The largest absolute Gasteiger partial charge is 0.508 e. The number of phenolic OH excluding ortho intramolecular Hbond substituents is 1. The summed E-state index contributed by atoms with van der Waals surface area (Å²) in [6, 6.07) is 9.51. The summed E-state index contributed by atoms with van der Waals surface area (Å²) in [7, 11) is 3.20. The lowest BCUT2D eigenvalue weighted by atomic mass is 9.95. The standard InChI is InChI=1S/C24H26N2O4S2/c1-13(2)16-10-17(14(3)8-19(16)27)18-11-32-24(25-18)26-22(28)12-31-23(26)15-6-7-20(29-4)21(9-15)30-5/h6-11,13,23,27H,12H2,1-5H3. The minimum Gasteiger partial charge on any atom is -0.508 e. The highest BCUT2D eigenvalue weighted by molar-refractivity contribution is 8.00. The van der Waals surface area contributed by atoms with Crippen LogP contribution in [-0.2, 0) is 4.79 Å². The van der Waals surface area contributed by atoms with E-state index in [9.17, 15) is 9.90 Å². The zero-order valence-electron chi connectivity index (χ0n) is 18.7. The number of methoxy groups -OCH3 is 2. The van der Waals surface area contributed by atoms with Crippen LogP contribution in [0.4, 0.5) is 5.13 Å². The number of phenols is 1. The van der Waals surface area contributed by atoms with Crippen LogP contribution in [0, 0.1) is 6.92 Å². The van der Waals surface area contributed by atoms with E-state index in [1.807, 2.05) is 36.6 Å². The molecule has 32 heavy (non-hydrogen) atoms. The molecule has 2 heterocycles. The van der Waals surface area contributed by atoms with Crippen LogP contribution in [0.15, 0.2) is 35.7 Å². The van der Waals surface area contributed by atoms with Crippen LogP contribution in [0.2, 0.25) is 0 Å². The molecule has 168 valence electrons. The van der Waals surface area contributed by atoms with E-state index in [1.165, 1.54) is 11.3 Å². The molecule has 1 aliphatic heterocycles. The van der Waals surface area contributed by atoms with Gasteiger partial charge in [0.25, 0.3) is 0 Å². The molecule has 1 aliphatic rings. The number of anilines is 1. The number of nitrogens with zero attached hydrogens (tertiary/aromatic N) is 2. The summed E-state index contributed by atoms with van der Waals surface area (Å²) < 4.78 is 10.8. The number of ether oxygens (including phenoxy) is 2. The van der Waals surface area contributed by atoms with Gasteiger partial charge in [0.05, 0.1) is 25.7 Å². The lowest BCUT2D eigenvalue weighted by Gasteiger charge is -2.22. The molecule has 6 nitrogen and oxygen atoms in total. The molecule has 1 fully saturated rings. The van der Waals surface area contributed by atoms with Gasteiger partial charge in [0, 0.05) is 10.9 Å². The Morgan fingerprint density at radius 2 is 1.91 bits per heavy atom. The van der Waals surface area contributed by atoms with Crippen molar-refractivity contribution in [1.82, 2.24) is 4.98 Å². The predicted molar refractivity (Wildman–Crippen MR) is 130 cm³/mol. The topological polar surface area (TPSA) is 71.9 Å². The third kappa shape index (κ3) is 4.04. The van der Waals surface area contributed by atoms with Crippen molar-refractivity contribution in [3.63, 3.8) is 0 Å². The van der Waals surface area contributed by atoms with Gasteiger partial charge in [-0.15, -0.1) is 23.1 Å². The highest BCUT2D eigenvalue weighted by Crippen LogP contribution is 2.45. The highest BCUT2D eigenvalue weighted by atomic mass is 32.2. The molecule has 1 aromatic heterocycles. The molecular formula is C24H26N2O4S2. The Labute approximate surface area is 196 Å². The second-order valence-electron chi connectivity index (χ2n) is 7.94. The van der Waals surface area contributed by atoms with Crippen molar-refractivity contribution in [2.45, 2.75) is 32.1 Å². The van der Waals surface area contributed by atoms with Crippen molar-refractivity contribution in [3.8, 4) is 28.5 Å². The number of thioether (sulfide) groups is 1. The monoisotopic (exact) mass is 470 g/mol. The molecule has 0 bridgehead atoms. The molecule has 3 aromatic rings. The minimum absolute atomic E-state index is 0.0287. The van der Waals surface area contributed by atoms with Gasteiger partial charge in [0.2, 0.25) is 5.91 Å². The number of thiazole rings is 1. The Morgan fingerprint density at radius 1 is 1.16 bits per heavy atom. The van der Waals surface area contributed by atoms with Gasteiger partial charge in [-0.05, 0) is 53.8 Å². The number of benzene rings is 2. The molecule has 1 amide bonds. The first-order valence-electron chi connectivity index (χ1n) is 10.3. The van der Waals surface area contributed by atoms with Crippen LogP contribution in [0.5, 0.6) is 17.2 Å². The fourth-order valence-electron chi connectivity index (χ4n) is 3.83. The summed E-state index contributed by atoms with van der Waals surface area (Å²) >= 11 is 3.02. The van der Waals surface area contributed by atoms with Gasteiger partial charge in [-0.1, -0.05) is 19.9 Å². The van der Waals surface area contributed by atoms with Crippen molar-refractivity contribution in [3.05, 3.63) is 52.4 Å². The SMILES string of the molecule is COc1ccc(C2SCC(=O)N2c2nc(-c3cc(C(C)C)c(O)cc3C)cs2)cc1OC. The number of aromatic nitrogens is 1. The molecule has 2 aromatic carbocycles. The van der Waals surface area contributed by atoms with Crippen LogP contribution in [0.3, 0.4) is 0 Å². The molecule has 4 rings (SSSR count). The Bertz CT molecular complexity index is 1160. The summed E-state index contributed by atoms with van der Waals surface area (Å²) in [5.74, 6) is 2.20. The Kier molecular flexibility index (Phi) is 6.35. The normalized spacial score (nSPS) is 16.1. The van der Waals surface area contributed by atoms with Crippen molar-refractivity contribution < 1.29 is 19.4 Å². The number of aromatic hydroxyl groups is 1. The molecule has 0 spiro atoms. The van der Waals surface area contributed by atoms with E-state index in [4.69, 9.17) is 14.5 Å². The van der Waals surface area contributed by atoms with Crippen LogP contribution < -0.4 is 14.4 Å². The number of carbonyl (C=O) groups is 1. The highest BCUT2D eigenvalue weighted by Gasteiger charge is 2.36. The Morgan fingerprint density at radius 3 is 2.59 bits per heavy atom. The van der Waals surface area contributed by atoms with Crippen molar-refractivity contribution >= 4 is 34.1 Å². The molecule has 0 aliphatic carbocycles. The number of carbonyl (C=O) groups excluding carboxylic acids is 1. The Hall–Kier alpha value is -2.71. The molecular weight excluding hydrogens is 444 g/mol. The lowest BCUT2D eigenvalue weighted by molar-refractivity contribution is -0.115. The average molecular weight is 471 g/mol. The maximum Gasteiger partial charge on any atom is 0.240 e. The maximum atomic E-state index is 12.8. The fourth-order valence-corrected chi connectivity index (χ4v) is 5.91. The third-order valence-corrected chi connectivity index (χ3v) is 7.58. The summed E-state index contributed by atoms with van der Waals surface area (Å²) in [6.07, 6.45) is 0. The van der Waals surface area contributed by atoms with Crippen LogP contribution in [0.1, 0.15) is 41.8 Å². The summed E-state index contributed by atoms with van der Waals surface area (Å²) in [4.78, 5) is 19.4. The van der Waals surface area contributed by atoms with Gasteiger partial charge in [-0.25, -0.2) is 4.98 Å². The molecule has 1 atom stereocenters. The van der Waals surface area contributed by atoms with E-state index in [0.717, 1.165) is 27.9 Å². The van der Waals surface area contributed by atoms with Gasteiger partial charge < -0.3 is 14.6 Å². The molecule has 1 unspecified atom stereocenters. The van der Waals surface area contributed by atoms with E-state index in [0.29, 0.717) is 28.1 Å². The molecule has 1 N–H and O–H groups in total. The number of hydrogen-bond donors (Lipinski definition) is 1. The minimum atomic E-state index is -0.187. The van der Waals surface area contributed by atoms with E-state index < -0.39 is 0 Å². The van der Waals surface area contributed by atoms with Crippen molar-refractivity contribution in [1.29, 1.82) is 0 Å². The van der Waals surface area contributed by atoms with Gasteiger partial charge >= 0.3 is 0 Å². The van der Waals surface area contributed by atoms with Crippen LogP contribution >= 0.6 is 23.1 Å². The second-order valence-corrected chi connectivity index (χ2v) is 9.84. The van der Waals surface area contributed by atoms with Crippen LogP contribution in [0.25, 0.3) is 11.3 Å². The number of hydrogen-bond acceptors (Lipinski definition) is 7. The van der Waals surface area contributed by atoms with Gasteiger partial charge in [-0.2, -0.15) is 0 Å². The molecule has 1 saturated heterocycles. The predicted octanol–water partition coefficient (Wildman–Crippen LogP) is 5.74. The van der Waals surface area contributed by atoms with Gasteiger partial charge in [-0.3, -0.25) is 9.69 Å².